The molecular weight excluding hydrogens is 382 g/mol. The first-order valence-corrected chi connectivity index (χ1v) is 10.6. The summed E-state index contributed by atoms with van der Waals surface area (Å²) in [5, 5.41) is 5.44. The molecule has 0 spiro atoms. The summed E-state index contributed by atoms with van der Waals surface area (Å²) in [4.78, 5) is 14.1. The van der Waals surface area contributed by atoms with E-state index in [1.807, 2.05) is 37.1 Å². The van der Waals surface area contributed by atoms with Crippen LogP contribution < -0.4 is 4.90 Å². The molecule has 1 aliphatic rings. The van der Waals surface area contributed by atoms with E-state index in [1.54, 1.807) is 11.3 Å². The van der Waals surface area contributed by atoms with Crippen LogP contribution in [0.25, 0.3) is 20.7 Å². The molecule has 148 valence electrons. The summed E-state index contributed by atoms with van der Waals surface area (Å²) < 4.78 is 8.02. The van der Waals surface area contributed by atoms with Crippen molar-refractivity contribution in [3.63, 3.8) is 0 Å². The van der Waals surface area contributed by atoms with Crippen LogP contribution >= 0.6 is 11.3 Å². The van der Waals surface area contributed by atoms with Crippen molar-refractivity contribution in [3.8, 4) is 10.4 Å². The van der Waals surface area contributed by atoms with Crippen molar-refractivity contribution >= 4 is 27.4 Å². The Bertz CT molecular complexity index is 1170. The van der Waals surface area contributed by atoms with Gasteiger partial charge in [0.1, 0.15) is 22.1 Å². The normalized spacial score (nSPS) is 19.8. The smallest absolute Gasteiger partial charge is 0.141 e. The van der Waals surface area contributed by atoms with Crippen LogP contribution in [-0.4, -0.2) is 39.4 Å². The number of benzene rings is 1. The number of hydrogen-bond donors (Lipinski definition) is 0. The number of hydrogen-bond acceptors (Lipinski definition) is 6. The zero-order valence-corrected chi connectivity index (χ0v) is 17.6. The summed E-state index contributed by atoms with van der Waals surface area (Å²) in [6, 6.07) is 12.7. The highest BCUT2D eigenvalue weighted by molar-refractivity contribution is 7.21. The Morgan fingerprint density at radius 2 is 2.00 bits per heavy atom. The van der Waals surface area contributed by atoms with Gasteiger partial charge in [0.15, 0.2) is 0 Å². The van der Waals surface area contributed by atoms with Gasteiger partial charge in [0.2, 0.25) is 0 Å². The van der Waals surface area contributed by atoms with Crippen molar-refractivity contribution in [3.05, 3.63) is 60.2 Å². The zero-order chi connectivity index (χ0) is 20.0. The number of aryl methyl sites for hydroxylation is 2. The summed E-state index contributed by atoms with van der Waals surface area (Å²) in [7, 11) is 1.93. The first-order chi connectivity index (χ1) is 14.0. The minimum Gasteiger partial charge on any atom is -0.367 e. The fraction of sp³-hybridized carbons (Fsp3) is 0.318. The van der Waals surface area contributed by atoms with Crippen LogP contribution in [0, 0.1) is 6.92 Å². The Morgan fingerprint density at radius 3 is 2.76 bits per heavy atom. The molecule has 1 aliphatic heterocycles. The average molecular weight is 406 g/mol. The zero-order valence-electron chi connectivity index (χ0n) is 16.8. The molecule has 0 bridgehead atoms. The second-order valence-corrected chi connectivity index (χ2v) is 8.72. The van der Waals surface area contributed by atoms with E-state index >= 15 is 0 Å². The second-order valence-electron chi connectivity index (χ2n) is 7.69. The topological polar surface area (TPSA) is 56.1 Å². The van der Waals surface area contributed by atoms with Gasteiger partial charge in [-0.05, 0) is 25.5 Å². The van der Waals surface area contributed by atoms with Crippen molar-refractivity contribution in [2.24, 2.45) is 7.05 Å². The summed E-state index contributed by atoms with van der Waals surface area (Å²) >= 11 is 1.72. The third-order valence-electron chi connectivity index (χ3n) is 5.43. The predicted octanol–water partition coefficient (Wildman–Crippen LogP) is 4.15. The molecule has 0 N–H and O–H groups in total. The lowest BCUT2D eigenvalue weighted by atomic mass is 9.97. The number of fused-ring (bicyclic) bond motifs is 1. The molecule has 1 saturated heterocycles. The molecule has 0 radical (unpaired) electrons. The Labute approximate surface area is 173 Å². The molecule has 6 nitrogen and oxygen atoms in total. The lowest BCUT2D eigenvalue weighted by Crippen LogP contribution is -2.48. The van der Waals surface area contributed by atoms with Gasteiger partial charge in [0.05, 0.1) is 24.7 Å². The molecule has 4 aromatic rings. The number of nitrogens with zero attached hydrogens (tertiary/aromatic N) is 5. The van der Waals surface area contributed by atoms with E-state index in [4.69, 9.17) is 14.7 Å². The van der Waals surface area contributed by atoms with Crippen LogP contribution in [0.3, 0.4) is 0 Å². The Hall–Kier alpha value is -2.77. The summed E-state index contributed by atoms with van der Waals surface area (Å²) in [5.74, 6) is 1.79. The molecule has 0 aliphatic carbocycles. The van der Waals surface area contributed by atoms with Crippen LogP contribution in [0.15, 0.2) is 48.8 Å². The summed E-state index contributed by atoms with van der Waals surface area (Å²) in [6.07, 6.45) is 3.92. The lowest BCUT2D eigenvalue weighted by Gasteiger charge is -2.40. The Morgan fingerprint density at radius 1 is 1.17 bits per heavy atom. The van der Waals surface area contributed by atoms with Gasteiger partial charge in [-0.25, -0.2) is 9.97 Å². The second kappa shape index (κ2) is 6.93. The lowest BCUT2D eigenvalue weighted by molar-refractivity contribution is -0.0467. The molecule has 1 fully saturated rings. The highest BCUT2D eigenvalue weighted by atomic mass is 32.1. The fourth-order valence-corrected chi connectivity index (χ4v) is 4.99. The average Bonchev–Trinajstić information content (AvgIpc) is 3.35. The first kappa shape index (κ1) is 18.3. The monoisotopic (exact) mass is 405 g/mol. The first-order valence-electron chi connectivity index (χ1n) is 9.73. The van der Waals surface area contributed by atoms with Crippen molar-refractivity contribution in [2.75, 3.05) is 24.6 Å². The van der Waals surface area contributed by atoms with E-state index in [0.717, 1.165) is 40.5 Å². The number of morpholine rings is 1. The number of anilines is 1. The molecule has 7 heteroatoms. The van der Waals surface area contributed by atoms with Gasteiger partial charge in [-0.15, -0.1) is 11.3 Å². The maximum absolute atomic E-state index is 6.20. The largest absolute Gasteiger partial charge is 0.367 e. The fourth-order valence-electron chi connectivity index (χ4n) is 3.92. The minimum absolute atomic E-state index is 0.421. The van der Waals surface area contributed by atoms with E-state index in [2.05, 4.69) is 47.3 Å². The third-order valence-corrected chi connectivity index (χ3v) is 6.51. The number of thiophene rings is 1. The maximum atomic E-state index is 6.20. The van der Waals surface area contributed by atoms with E-state index < -0.39 is 5.60 Å². The summed E-state index contributed by atoms with van der Waals surface area (Å²) in [6.45, 7) is 6.26. The van der Waals surface area contributed by atoms with Crippen LogP contribution in [0.1, 0.15) is 18.3 Å². The molecule has 0 amide bonds. The number of ether oxygens (including phenoxy) is 1. The third kappa shape index (κ3) is 3.30. The Balaban J connectivity index is 1.56. The van der Waals surface area contributed by atoms with Crippen molar-refractivity contribution in [1.82, 2.24) is 19.7 Å². The van der Waals surface area contributed by atoms with Gasteiger partial charge < -0.3 is 9.64 Å². The van der Waals surface area contributed by atoms with Gasteiger partial charge in [0.25, 0.3) is 0 Å². The van der Waals surface area contributed by atoms with E-state index in [0.29, 0.717) is 6.61 Å². The van der Waals surface area contributed by atoms with Crippen LogP contribution in [-0.2, 0) is 17.4 Å². The highest BCUT2D eigenvalue weighted by Crippen LogP contribution is 2.38. The minimum atomic E-state index is -0.421. The van der Waals surface area contributed by atoms with E-state index in [9.17, 15) is 0 Å². The van der Waals surface area contributed by atoms with Gasteiger partial charge in [-0.1, -0.05) is 30.3 Å². The van der Waals surface area contributed by atoms with Gasteiger partial charge >= 0.3 is 0 Å². The molecule has 3 aromatic heterocycles. The molecule has 1 aromatic carbocycles. The van der Waals surface area contributed by atoms with E-state index in [-0.39, 0.29) is 0 Å². The van der Waals surface area contributed by atoms with Crippen molar-refractivity contribution in [2.45, 2.75) is 19.4 Å². The molecule has 4 heterocycles. The molecule has 1 unspecified atom stereocenters. The molecule has 29 heavy (non-hydrogen) atoms. The van der Waals surface area contributed by atoms with Crippen LogP contribution in [0.4, 0.5) is 5.82 Å². The van der Waals surface area contributed by atoms with Gasteiger partial charge in [0, 0.05) is 30.2 Å². The SMILES string of the molecule is Cc1nc(N2CCOC(C)(c3cnn(C)c3)C2)c2cc(-c3ccccc3)sc2n1. The number of aromatic nitrogens is 4. The van der Waals surface area contributed by atoms with E-state index in [1.165, 1.54) is 10.4 Å². The molecule has 5 rings (SSSR count). The van der Waals surface area contributed by atoms with Crippen molar-refractivity contribution in [1.29, 1.82) is 0 Å². The standard InChI is InChI=1S/C22H23N5OS/c1-15-24-20(18-11-19(29-21(18)25-15)16-7-5-4-6-8-16)27-9-10-28-22(2,14-27)17-12-23-26(3)13-17/h4-8,11-13H,9-10,14H2,1-3H3. The van der Waals surface area contributed by atoms with Crippen LogP contribution in [0.5, 0.6) is 0 Å². The maximum Gasteiger partial charge on any atom is 0.141 e. The summed E-state index contributed by atoms with van der Waals surface area (Å²) in [5.41, 5.74) is 1.87. The quantitative estimate of drug-likeness (QED) is 0.512. The van der Waals surface area contributed by atoms with Gasteiger partial charge in [-0.3, -0.25) is 4.68 Å². The highest BCUT2D eigenvalue weighted by Gasteiger charge is 2.36. The molecule has 0 saturated carbocycles. The van der Waals surface area contributed by atoms with Crippen molar-refractivity contribution < 1.29 is 4.74 Å². The van der Waals surface area contributed by atoms with Gasteiger partial charge in [-0.2, -0.15) is 5.10 Å². The predicted molar refractivity (Wildman–Crippen MR) is 116 cm³/mol. The number of rotatable bonds is 3. The molecular formula is C22H23N5OS. The van der Waals surface area contributed by atoms with Crippen LogP contribution in [0.2, 0.25) is 0 Å². The molecule has 1 atom stereocenters. The Kier molecular flexibility index (Phi) is 4.37.